The Bertz CT molecular complexity index is 1360. The van der Waals surface area contributed by atoms with Gasteiger partial charge in [0.05, 0.1) is 16.3 Å². The van der Waals surface area contributed by atoms with E-state index in [0.29, 0.717) is 12.6 Å². The molecule has 0 unspecified atom stereocenters. The highest BCUT2D eigenvalue weighted by atomic mass is 32.1. The highest BCUT2D eigenvalue weighted by molar-refractivity contribution is 7.21. The SMILES string of the molecule is c1ccc(C(c2ccccc2)N2CCN(CCOc3cccc(-c4nc5ccccc5s4)c3)CC2)cc1. The fourth-order valence-electron chi connectivity index (χ4n) is 5.14. The molecule has 5 heteroatoms. The van der Waals surface area contributed by atoms with Crippen LogP contribution in [0.2, 0.25) is 0 Å². The molecule has 0 saturated carbocycles. The van der Waals surface area contributed by atoms with Gasteiger partial charge in [-0.3, -0.25) is 9.80 Å². The van der Waals surface area contributed by atoms with E-state index in [2.05, 4.69) is 107 Å². The summed E-state index contributed by atoms with van der Waals surface area (Å²) in [5.41, 5.74) is 4.88. The van der Waals surface area contributed by atoms with Crippen molar-refractivity contribution in [1.82, 2.24) is 14.8 Å². The Kier molecular flexibility index (Phi) is 7.26. The van der Waals surface area contributed by atoms with Crippen LogP contribution in [0.4, 0.5) is 0 Å². The average Bonchev–Trinajstić information content (AvgIpc) is 3.40. The van der Waals surface area contributed by atoms with Crippen molar-refractivity contribution in [2.75, 3.05) is 39.3 Å². The molecule has 0 radical (unpaired) electrons. The van der Waals surface area contributed by atoms with Gasteiger partial charge in [-0.2, -0.15) is 0 Å². The molecule has 1 saturated heterocycles. The van der Waals surface area contributed by atoms with E-state index in [9.17, 15) is 0 Å². The molecule has 1 fully saturated rings. The number of fused-ring (bicyclic) bond motifs is 1. The summed E-state index contributed by atoms with van der Waals surface area (Å²) in [5, 5.41) is 1.04. The number of aromatic nitrogens is 1. The van der Waals surface area contributed by atoms with Crippen LogP contribution in [0.1, 0.15) is 17.2 Å². The maximum atomic E-state index is 6.18. The monoisotopic (exact) mass is 505 g/mol. The molecular formula is C32H31N3OS. The summed E-state index contributed by atoms with van der Waals surface area (Å²) in [6, 6.07) is 38.7. The van der Waals surface area contributed by atoms with Crippen molar-refractivity contribution in [1.29, 1.82) is 0 Å². The number of benzene rings is 4. The second-order valence-electron chi connectivity index (χ2n) is 9.46. The molecule has 0 bridgehead atoms. The third-order valence-electron chi connectivity index (χ3n) is 7.05. The molecule has 4 aromatic carbocycles. The number of hydrogen-bond acceptors (Lipinski definition) is 5. The summed E-state index contributed by atoms with van der Waals surface area (Å²) in [6.45, 7) is 5.80. The number of rotatable bonds is 8. The van der Waals surface area contributed by atoms with Crippen LogP contribution < -0.4 is 4.74 Å². The smallest absolute Gasteiger partial charge is 0.124 e. The van der Waals surface area contributed by atoms with Crippen LogP contribution >= 0.6 is 11.3 Å². The lowest BCUT2D eigenvalue weighted by Crippen LogP contribution is -2.48. The van der Waals surface area contributed by atoms with Crippen LogP contribution in [-0.4, -0.2) is 54.1 Å². The first kappa shape index (κ1) is 23.9. The largest absolute Gasteiger partial charge is 0.492 e. The maximum absolute atomic E-state index is 6.18. The summed E-state index contributed by atoms with van der Waals surface area (Å²) in [6.07, 6.45) is 0. The van der Waals surface area contributed by atoms with E-state index in [0.717, 1.165) is 54.6 Å². The Balaban J connectivity index is 1.05. The Morgan fingerprint density at radius 1 is 0.730 bits per heavy atom. The van der Waals surface area contributed by atoms with E-state index < -0.39 is 0 Å². The summed E-state index contributed by atoms with van der Waals surface area (Å²) in [4.78, 5) is 9.92. The molecule has 2 heterocycles. The molecule has 0 amide bonds. The van der Waals surface area contributed by atoms with Crippen molar-refractivity contribution in [2.45, 2.75) is 6.04 Å². The number of hydrogen-bond donors (Lipinski definition) is 0. The number of nitrogens with zero attached hydrogens (tertiary/aromatic N) is 3. The van der Waals surface area contributed by atoms with Crippen LogP contribution in [0.25, 0.3) is 20.8 Å². The third-order valence-corrected chi connectivity index (χ3v) is 8.14. The first-order valence-corrected chi connectivity index (χ1v) is 13.8. The molecular weight excluding hydrogens is 474 g/mol. The van der Waals surface area contributed by atoms with E-state index in [1.54, 1.807) is 11.3 Å². The van der Waals surface area contributed by atoms with Gasteiger partial charge in [0.15, 0.2) is 0 Å². The molecule has 1 aromatic heterocycles. The van der Waals surface area contributed by atoms with Crippen molar-refractivity contribution in [3.05, 3.63) is 120 Å². The van der Waals surface area contributed by atoms with Crippen LogP contribution in [0.3, 0.4) is 0 Å². The minimum atomic E-state index is 0.297. The van der Waals surface area contributed by atoms with E-state index in [-0.39, 0.29) is 0 Å². The molecule has 186 valence electrons. The lowest BCUT2D eigenvalue weighted by molar-refractivity contribution is 0.0977. The normalized spacial score (nSPS) is 14.8. The van der Waals surface area contributed by atoms with Crippen molar-refractivity contribution < 1.29 is 4.74 Å². The molecule has 1 aliphatic rings. The quantitative estimate of drug-likeness (QED) is 0.233. The zero-order chi connectivity index (χ0) is 24.9. The molecule has 0 atom stereocenters. The van der Waals surface area contributed by atoms with Gasteiger partial charge in [-0.25, -0.2) is 4.98 Å². The first-order chi connectivity index (χ1) is 18.3. The Hall–Kier alpha value is -3.51. The summed E-state index contributed by atoms with van der Waals surface area (Å²) >= 11 is 1.73. The summed E-state index contributed by atoms with van der Waals surface area (Å²) < 4.78 is 7.39. The molecule has 1 aliphatic heterocycles. The predicted octanol–water partition coefficient (Wildman–Crippen LogP) is 6.75. The molecule has 0 aliphatic carbocycles. The molecule has 4 nitrogen and oxygen atoms in total. The van der Waals surface area contributed by atoms with Gasteiger partial charge in [0.2, 0.25) is 0 Å². The fraction of sp³-hybridized carbons (Fsp3) is 0.219. The second kappa shape index (κ2) is 11.3. The highest BCUT2D eigenvalue weighted by Gasteiger charge is 2.26. The average molecular weight is 506 g/mol. The molecule has 0 N–H and O–H groups in total. The van der Waals surface area contributed by atoms with Gasteiger partial charge in [-0.15, -0.1) is 11.3 Å². The number of ether oxygens (including phenoxy) is 1. The van der Waals surface area contributed by atoms with Crippen LogP contribution in [-0.2, 0) is 0 Å². The molecule has 0 spiro atoms. The van der Waals surface area contributed by atoms with Gasteiger partial charge in [-0.05, 0) is 35.4 Å². The van der Waals surface area contributed by atoms with Crippen molar-refractivity contribution in [3.8, 4) is 16.3 Å². The van der Waals surface area contributed by atoms with E-state index in [4.69, 9.17) is 9.72 Å². The second-order valence-corrected chi connectivity index (χ2v) is 10.5. The fourth-order valence-corrected chi connectivity index (χ4v) is 6.10. The molecule has 37 heavy (non-hydrogen) atoms. The van der Waals surface area contributed by atoms with Gasteiger partial charge in [0, 0.05) is 38.3 Å². The van der Waals surface area contributed by atoms with Gasteiger partial charge < -0.3 is 4.74 Å². The lowest BCUT2D eigenvalue weighted by Gasteiger charge is -2.39. The van der Waals surface area contributed by atoms with Gasteiger partial charge in [0.1, 0.15) is 17.4 Å². The predicted molar refractivity (Wildman–Crippen MR) is 153 cm³/mol. The Morgan fingerprint density at radius 3 is 2.11 bits per heavy atom. The zero-order valence-corrected chi connectivity index (χ0v) is 21.7. The summed E-state index contributed by atoms with van der Waals surface area (Å²) in [7, 11) is 0. The summed E-state index contributed by atoms with van der Waals surface area (Å²) in [5.74, 6) is 0.906. The van der Waals surface area contributed by atoms with Crippen LogP contribution in [0, 0.1) is 0 Å². The van der Waals surface area contributed by atoms with Crippen LogP contribution in [0.5, 0.6) is 5.75 Å². The van der Waals surface area contributed by atoms with Crippen molar-refractivity contribution in [3.63, 3.8) is 0 Å². The minimum Gasteiger partial charge on any atom is -0.492 e. The Morgan fingerprint density at radius 2 is 1.41 bits per heavy atom. The number of thiazole rings is 1. The lowest BCUT2D eigenvalue weighted by atomic mass is 9.96. The molecule has 6 rings (SSSR count). The van der Waals surface area contributed by atoms with E-state index in [1.807, 2.05) is 12.1 Å². The standard InChI is InChI=1S/C32H31N3OS/c1-3-10-25(11-4-1)31(26-12-5-2-6-13-26)35-20-18-34(19-21-35)22-23-36-28-15-9-14-27(24-28)32-33-29-16-7-8-17-30(29)37-32/h1-17,24,31H,18-23H2. The third kappa shape index (κ3) is 5.59. The minimum absolute atomic E-state index is 0.297. The highest BCUT2D eigenvalue weighted by Crippen LogP contribution is 2.32. The Labute approximate surface area is 222 Å². The van der Waals surface area contributed by atoms with E-state index >= 15 is 0 Å². The van der Waals surface area contributed by atoms with Gasteiger partial charge in [0.25, 0.3) is 0 Å². The van der Waals surface area contributed by atoms with E-state index in [1.165, 1.54) is 15.8 Å². The number of para-hydroxylation sites is 1. The van der Waals surface area contributed by atoms with Gasteiger partial charge in [-0.1, -0.05) is 84.9 Å². The van der Waals surface area contributed by atoms with Crippen molar-refractivity contribution in [2.24, 2.45) is 0 Å². The van der Waals surface area contributed by atoms with Gasteiger partial charge >= 0.3 is 0 Å². The maximum Gasteiger partial charge on any atom is 0.124 e. The first-order valence-electron chi connectivity index (χ1n) is 13.0. The number of piperazine rings is 1. The zero-order valence-electron chi connectivity index (χ0n) is 20.9. The van der Waals surface area contributed by atoms with Crippen LogP contribution in [0.15, 0.2) is 109 Å². The topological polar surface area (TPSA) is 28.6 Å². The van der Waals surface area contributed by atoms with Crippen molar-refractivity contribution >= 4 is 21.6 Å². The molecule has 5 aromatic rings.